The van der Waals surface area contributed by atoms with E-state index in [0.717, 1.165) is 18.8 Å². The monoisotopic (exact) mass is 399 g/mol. The van der Waals surface area contributed by atoms with Crippen LogP contribution in [0.1, 0.15) is 31.7 Å². The molecule has 0 unspecified atom stereocenters. The SMILES string of the molecule is CC(C)c1ccc(NC(=O)CC(=O)N2CCN(c3cccc(Cl)c3)CC2)cc1. The second-order valence-corrected chi connectivity index (χ2v) is 7.79. The zero-order chi connectivity index (χ0) is 20.1. The van der Waals surface area contributed by atoms with E-state index < -0.39 is 0 Å². The van der Waals surface area contributed by atoms with E-state index in [2.05, 4.69) is 24.1 Å². The molecule has 2 amide bonds. The Morgan fingerprint density at radius 1 is 1.04 bits per heavy atom. The Labute approximate surface area is 171 Å². The summed E-state index contributed by atoms with van der Waals surface area (Å²) in [5.74, 6) is 0.0264. The summed E-state index contributed by atoms with van der Waals surface area (Å²) in [6, 6.07) is 15.5. The van der Waals surface area contributed by atoms with Crippen LogP contribution in [0.3, 0.4) is 0 Å². The fraction of sp³-hybridized carbons (Fsp3) is 0.364. The first-order valence-electron chi connectivity index (χ1n) is 9.60. The van der Waals surface area contributed by atoms with E-state index in [1.54, 1.807) is 4.90 Å². The number of amides is 2. The van der Waals surface area contributed by atoms with Gasteiger partial charge in [0.05, 0.1) is 0 Å². The predicted molar refractivity (Wildman–Crippen MR) is 114 cm³/mol. The van der Waals surface area contributed by atoms with Gasteiger partial charge in [-0.15, -0.1) is 0 Å². The number of nitrogens with one attached hydrogen (secondary N) is 1. The van der Waals surface area contributed by atoms with E-state index in [4.69, 9.17) is 11.6 Å². The molecule has 0 spiro atoms. The van der Waals surface area contributed by atoms with Gasteiger partial charge in [0, 0.05) is 42.6 Å². The Morgan fingerprint density at radius 3 is 2.32 bits per heavy atom. The minimum absolute atomic E-state index is 0.136. The Bertz CT molecular complexity index is 828. The molecule has 1 aliphatic rings. The Morgan fingerprint density at radius 2 is 1.71 bits per heavy atom. The molecule has 1 saturated heterocycles. The highest BCUT2D eigenvalue weighted by atomic mass is 35.5. The molecule has 0 saturated carbocycles. The standard InChI is InChI=1S/C22H26ClN3O2/c1-16(2)17-6-8-19(9-7-17)24-21(27)15-22(28)26-12-10-25(11-13-26)20-5-3-4-18(23)14-20/h3-9,14,16H,10-13,15H2,1-2H3,(H,24,27). The molecule has 148 valence electrons. The number of carbonyl (C=O) groups is 2. The lowest BCUT2D eigenvalue weighted by Crippen LogP contribution is -2.49. The van der Waals surface area contributed by atoms with E-state index in [-0.39, 0.29) is 18.2 Å². The van der Waals surface area contributed by atoms with Gasteiger partial charge < -0.3 is 15.1 Å². The average Bonchev–Trinajstić information content (AvgIpc) is 2.68. The summed E-state index contributed by atoms with van der Waals surface area (Å²) in [6.07, 6.45) is -0.136. The van der Waals surface area contributed by atoms with Crippen LogP contribution in [0.2, 0.25) is 5.02 Å². The number of carbonyl (C=O) groups excluding carboxylic acids is 2. The van der Waals surface area contributed by atoms with E-state index in [9.17, 15) is 9.59 Å². The van der Waals surface area contributed by atoms with Gasteiger partial charge in [-0.05, 0) is 41.8 Å². The van der Waals surface area contributed by atoms with Gasteiger partial charge in [-0.3, -0.25) is 9.59 Å². The molecule has 1 N–H and O–H groups in total. The topological polar surface area (TPSA) is 52.7 Å². The average molecular weight is 400 g/mol. The van der Waals surface area contributed by atoms with Crippen LogP contribution in [0.5, 0.6) is 0 Å². The molecule has 28 heavy (non-hydrogen) atoms. The molecule has 1 fully saturated rings. The van der Waals surface area contributed by atoms with Gasteiger partial charge in [-0.25, -0.2) is 0 Å². The fourth-order valence-electron chi connectivity index (χ4n) is 3.29. The first kappa shape index (κ1) is 20.2. The summed E-state index contributed by atoms with van der Waals surface area (Å²) in [7, 11) is 0. The van der Waals surface area contributed by atoms with Crippen molar-refractivity contribution < 1.29 is 9.59 Å². The smallest absolute Gasteiger partial charge is 0.233 e. The van der Waals surface area contributed by atoms with Gasteiger partial charge in [0.15, 0.2) is 0 Å². The fourth-order valence-corrected chi connectivity index (χ4v) is 3.48. The number of hydrogen-bond acceptors (Lipinski definition) is 3. The first-order valence-corrected chi connectivity index (χ1v) is 9.98. The highest BCUT2D eigenvalue weighted by molar-refractivity contribution is 6.30. The van der Waals surface area contributed by atoms with Crippen LogP contribution in [-0.4, -0.2) is 42.9 Å². The van der Waals surface area contributed by atoms with Crippen molar-refractivity contribution in [2.75, 3.05) is 36.4 Å². The number of nitrogens with zero attached hydrogens (tertiary/aromatic N) is 2. The number of hydrogen-bond donors (Lipinski definition) is 1. The van der Waals surface area contributed by atoms with Crippen LogP contribution in [0.15, 0.2) is 48.5 Å². The maximum Gasteiger partial charge on any atom is 0.233 e. The van der Waals surface area contributed by atoms with Crippen molar-refractivity contribution >= 4 is 34.8 Å². The van der Waals surface area contributed by atoms with Crippen LogP contribution in [0.4, 0.5) is 11.4 Å². The molecule has 0 aliphatic carbocycles. The molecule has 5 nitrogen and oxygen atoms in total. The molecule has 0 aromatic heterocycles. The van der Waals surface area contributed by atoms with Crippen LogP contribution in [0, 0.1) is 0 Å². The van der Waals surface area contributed by atoms with Crippen LogP contribution < -0.4 is 10.2 Å². The van der Waals surface area contributed by atoms with Crippen LogP contribution in [-0.2, 0) is 9.59 Å². The van der Waals surface area contributed by atoms with E-state index in [0.29, 0.717) is 29.7 Å². The summed E-state index contributed by atoms with van der Waals surface area (Å²) >= 11 is 6.06. The molecule has 0 atom stereocenters. The maximum absolute atomic E-state index is 12.5. The lowest BCUT2D eigenvalue weighted by atomic mass is 10.0. The number of halogens is 1. The lowest BCUT2D eigenvalue weighted by Gasteiger charge is -2.36. The van der Waals surface area contributed by atoms with Crippen molar-refractivity contribution in [2.45, 2.75) is 26.2 Å². The second-order valence-electron chi connectivity index (χ2n) is 7.35. The van der Waals surface area contributed by atoms with Gasteiger partial charge in [-0.2, -0.15) is 0 Å². The van der Waals surface area contributed by atoms with Gasteiger partial charge in [0.1, 0.15) is 6.42 Å². The Hall–Kier alpha value is -2.53. The first-order chi connectivity index (χ1) is 13.4. The molecular formula is C22H26ClN3O2. The predicted octanol–water partition coefficient (Wildman–Crippen LogP) is 4.14. The minimum atomic E-state index is -0.278. The molecule has 2 aromatic carbocycles. The second kappa shape index (κ2) is 9.11. The van der Waals surface area contributed by atoms with E-state index in [1.165, 1.54) is 5.56 Å². The quantitative estimate of drug-likeness (QED) is 0.769. The van der Waals surface area contributed by atoms with Gasteiger partial charge in [0.25, 0.3) is 0 Å². The molecule has 1 heterocycles. The van der Waals surface area contributed by atoms with E-state index in [1.807, 2.05) is 48.5 Å². The van der Waals surface area contributed by atoms with Gasteiger partial charge in [-0.1, -0.05) is 43.6 Å². The number of anilines is 2. The summed E-state index contributed by atoms with van der Waals surface area (Å²) in [5, 5.41) is 3.51. The minimum Gasteiger partial charge on any atom is -0.368 e. The van der Waals surface area contributed by atoms with E-state index >= 15 is 0 Å². The lowest BCUT2D eigenvalue weighted by molar-refractivity contribution is -0.134. The zero-order valence-electron chi connectivity index (χ0n) is 16.3. The third-order valence-electron chi connectivity index (χ3n) is 4.98. The molecule has 0 bridgehead atoms. The molecular weight excluding hydrogens is 374 g/mol. The van der Waals surface area contributed by atoms with Crippen molar-refractivity contribution in [3.63, 3.8) is 0 Å². The number of benzene rings is 2. The third kappa shape index (κ3) is 5.26. The third-order valence-corrected chi connectivity index (χ3v) is 5.21. The Kier molecular flexibility index (Phi) is 6.57. The van der Waals surface area contributed by atoms with Crippen molar-refractivity contribution in [1.29, 1.82) is 0 Å². The van der Waals surface area contributed by atoms with Gasteiger partial charge in [0.2, 0.25) is 11.8 Å². The maximum atomic E-state index is 12.5. The van der Waals surface area contributed by atoms with Crippen molar-refractivity contribution in [1.82, 2.24) is 4.90 Å². The molecule has 1 aliphatic heterocycles. The molecule has 6 heteroatoms. The highest BCUT2D eigenvalue weighted by Gasteiger charge is 2.23. The summed E-state index contributed by atoms with van der Waals surface area (Å²) in [6.45, 7) is 6.90. The largest absolute Gasteiger partial charge is 0.368 e. The zero-order valence-corrected chi connectivity index (χ0v) is 17.1. The molecule has 2 aromatic rings. The van der Waals surface area contributed by atoms with Gasteiger partial charge >= 0.3 is 0 Å². The van der Waals surface area contributed by atoms with Crippen LogP contribution >= 0.6 is 11.6 Å². The normalized spacial score (nSPS) is 14.3. The highest BCUT2D eigenvalue weighted by Crippen LogP contribution is 2.21. The van der Waals surface area contributed by atoms with Crippen molar-refractivity contribution in [3.8, 4) is 0 Å². The number of rotatable bonds is 5. The summed E-state index contributed by atoms with van der Waals surface area (Å²) in [5.41, 5.74) is 2.99. The van der Waals surface area contributed by atoms with Crippen molar-refractivity contribution in [3.05, 3.63) is 59.1 Å². The molecule has 3 rings (SSSR count). The summed E-state index contributed by atoms with van der Waals surface area (Å²) in [4.78, 5) is 28.6. The molecule has 0 radical (unpaired) electrons. The Balaban J connectivity index is 1.48. The van der Waals surface area contributed by atoms with Crippen LogP contribution in [0.25, 0.3) is 0 Å². The number of piperazine rings is 1. The van der Waals surface area contributed by atoms with Crippen molar-refractivity contribution in [2.24, 2.45) is 0 Å². The summed E-state index contributed by atoms with van der Waals surface area (Å²) < 4.78 is 0.